The molecule has 1 heterocycles. The van der Waals surface area contributed by atoms with Crippen LogP contribution in [0.4, 0.5) is 0 Å². The number of rotatable bonds is 7. The van der Waals surface area contributed by atoms with Gasteiger partial charge >= 0.3 is 0 Å². The van der Waals surface area contributed by atoms with E-state index in [2.05, 4.69) is 49.6 Å². The van der Waals surface area contributed by atoms with Crippen molar-refractivity contribution in [1.82, 2.24) is 15.0 Å². The average molecular weight is 237 g/mol. The van der Waals surface area contributed by atoms with E-state index in [0.29, 0.717) is 5.92 Å². The van der Waals surface area contributed by atoms with E-state index in [1.54, 1.807) is 0 Å². The molecule has 0 saturated carbocycles. The van der Waals surface area contributed by atoms with Crippen molar-refractivity contribution in [2.75, 3.05) is 0 Å². The highest BCUT2D eigenvalue weighted by Gasteiger charge is 2.09. The minimum Gasteiger partial charge on any atom is -0.249 e. The Hall–Kier alpha value is -0.860. The summed E-state index contributed by atoms with van der Waals surface area (Å²) in [6.45, 7) is 12.4. The van der Waals surface area contributed by atoms with E-state index < -0.39 is 0 Å². The van der Waals surface area contributed by atoms with Crippen LogP contribution in [0.25, 0.3) is 0 Å². The average Bonchev–Trinajstić information content (AvgIpc) is 2.64. The summed E-state index contributed by atoms with van der Waals surface area (Å²) in [7, 11) is 0. The van der Waals surface area contributed by atoms with Gasteiger partial charge in [0.1, 0.15) is 0 Å². The van der Waals surface area contributed by atoms with Gasteiger partial charge in [-0.2, -0.15) is 0 Å². The molecule has 1 atom stereocenters. The highest BCUT2D eigenvalue weighted by Crippen LogP contribution is 2.16. The van der Waals surface area contributed by atoms with Crippen molar-refractivity contribution in [3.8, 4) is 0 Å². The second kappa shape index (κ2) is 6.77. The molecule has 0 aliphatic heterocycles. The van der Waals surface area contributed by atoms with Gasteiger partial charge in [-0.1, -0.05) is 39.8 Å². The monoisotopic (exact) mass is 237 g/mol. The third kappa shape index (κ3) is 4.88. The molecule has 0 spiro atoms. The van der Waals surface area contributed by atoms with Crippen LogP contribution in [0, 0.1) is 17.8 Å². The van der Waals surface area contributed by atoms with Gasteiger partial charge < -0.3 is 0 Å². The van der Waals surface area contributed by atoms with Crippen LogP contribution in [0.2, 0.25) is 0 Å². The molecule has 0 saturated heterocycles. The molecule has 1 aromatic heterocycles. The van der Waals surface area contributed by atoms with Crippen LogP contribution in [-0.4, -0.2) is 15.0 Å². The lowest BCUT2D eigenvalue weighted by molar-refractivity contribution is 0.364. The first kappa shape index (κ1) is 14.2. The Morgan fingerprint density at radius 2 is 1.88 bits per heavy atom. The Balaban J connectivity index is 2.39. The summed E-state index contributed by atoms with van der Waals surface area (Å²) in [5.74, 6) is 2.25. The van der Waals surface area contributed by atoms with Crippen LogP contribution in [0.5, 0.6) is 0 Å². The molecule has 3 nitrogen and oxygen atoms in total. The predicted molar refractivity (Wildman–Crippen MR) is 71.8 cm³/mol. The number of hydrogen-bond acceptors (Lipinski definition) is 2. The lowest BCUT2D eigenvalue weighted by atomic mass is 9.93. The van der Waals surface area contributed by atoms with Crippen molar-refractivity contribution in [1.29, 1.82) is 0 Å². The van der Waals surface area contributed by atoms with Crippen LogP contribution in [0.3, 0.4) is 0 Å². The van der Waals surface area contributed by atoms with Crippen LogP contribution < -0.4 is 0 Å². The van der Waals surface area contributed by atoms with Crippen molar-refractivity contribution in [2.24, 2.45) is 17.8 Å². The van der Waals surface area contributed by atoms with E-state index >= 15 is 0 Å². The molecular weight excluding hydrogens is 210 g/mol. The van der Waals surface area contributed by atoms with Crippen LogP contribution in [0.15, 0.2) is 6.20 Å². The van der Waals surface area contributed by atoms with Crippen molar-refractivity contribution < 1.29 is 0 Å². The zero-order valence-corrected chi connectivity index (χ0v) is 12.0. The first-order valence-corrected chi connectivity index (χ1v) is 6.88. The summed E-state index contributed by atoms with van der Waals surface area (Å²) >= 11 is 0. The molecule has 98 valence electrons. The van der Waals surface area contributed by atoms with Crippen LogP contribution in [-0.2, 0) is 13.0 Å². The van der Waals surface area contributed by atoms with Gasteiger partial charge in [0.2, 0.25) is 0 Å². The van der Waals surface area contributed by atoms with Crippen molar-refractivity contribution in [2.45, 2.75) is 60.4 Å². The van der Waals surface area contributed by atoms with Gasteiger partial charge in [-0.3, -0.25) is 0 Å². The molecule has 0 amide bonds. The molecule has 0 fully saturated rings. The van der Waals surface area contributed by atoms with E-state index in [9.17, 15) is 0 Å². The zero-order valence-electron chi connectivity index (χ0n) is 12.0. The van der Waals surface area contributed by atoms with E-state index in [4.69, 9.17) is 0 Å². The minimum absolute atomic E-state index is 0.668. The lowest BCUT2D eigenvalue weighted by Crippen LogP contribution is -2.10. The Kier molecular flexibility index (Phi) is 5.66. The SMILES string of the molecule is CC(C)Cc1cnnn1CCCC(C)C(C)C. The molecule has 17 heavy (non-hydrogen) atoms. The molecular formula is C14H27N3. The first-order valence-electron chi connectivity index (χ1n) is 6.88. The fourth-order valence-electron chi connectivity index (χ4n) is 1.94. The first-order chi connectivity index (χ1) is 8.00. The molecule has 3 heteroatoms. The zero-order chi connectivity index (χ0) is 12.8. The normalized spacial score (nSPS) is 13.6. The second-order valence-electron chi connectivity index (χ2n) is 5.91. The topological polar surface area (TPSA) is 30.7 Å². The number of nitrogens with zero attached hydrogens (tertiary/aromatic N) is 3. The van der Waals surface area contributed by atoms with Crippen molar-refractivity contribution in [3.63, 3.8) is 0 Å². The smallest absolute Gasteiger partial charge is 0.0725 e. The van der Waals surface area contributed by atoms with E-state index in [1.807, 2.05) is 6.20 Å². The molecule has 1 aromatic rings. The molecule has 0 aromatic carbocycles. The molecule has 0 radical (unpaired) electrons. The summed E-state index contributed by atoms with van der Waals surface area (Å²) in [5.41, 5.74) is 1.28. The highest BCUT2D eigenvalue weighted by molar-refractivity contribution is 4.94. The van der Waals surface area contributed by atoms with Crippen molar-refractivity contribution >= 4 is 0 Å². The summed E-state index contributed by atoms with van der Waals surface area (Å²) in [6, 6.07) is 0. The fourth-order valence-corrected chi connectivity index (χ4v) is 1.94. The maximum atomic E-state index is 4.18. The maximum absolute atomic E-state index is 4.18. The molecule has 1 rings (SSSR count). The van der Waals surface area contributed by atoms with Gasteiger partial charge in [0.25, 0.3) is 0 Å². The number of aromatic nitrogens is 3. The summed E-state index contributed by atoms with van der Waals surface area (Å²) in [5, 5.41) is 8.20. The van der Waals surface area contributed by atoms with Crippen LogP contribution >= 0.6 is 0 Å². The quantitative estimate of drug-likeness (QED) is 0.726. The summed E-state index contributed by atoms with van der Waals surface area (Å²) in [4.78, 5) is 0. The predicted octanol–water partition coefficient (Wildman–Crippen LogP) is 3.55. The van der Waals surface area contributed by atoms with Crippen molar-refractivity contribution in [3.05, 3.63) is 11.9 Å². The highest BCUT2D eigenvalue weighted by atomic mass is 15.4. The van der Waals surface area contributed by atoms with E-state index in [-0.39, 0.29) is 0 Å². The molecule has 0 aliphatic rings. The fraction of sp³-hybridized carbons (Fsp3) is 0.857. The van der Waals surface area contributed by atoms with Gasteiger partial charge in [-0.25, -0.2) is 4.68 Å². The molecule has 0 aliphatic carbocycles. The Morgan fingerprint density at radius 3 is 2.47 bits per heavy atom. The van der Waals surface area contributed by atoms with Gasteiger partial charge in [0.05, 0.1) is 11.9 Å². The number of aryl methyl sites for hydroxylation is 1. The molecule has 0 N–H and O–H groups in total. The Labute approximate surface area is 106 Å². The maximum Gasteiger partial charge on any atom is 0.0725 e. The van der Waals surface area contributed by atoms with E-state index in [0.717, 1.165) is 24.8 Å². The lowest BCUT2D eigenvalue weighted by Gasteiger charge is -2.15. The molecule has 0 bridgehead atoms. The minimum atomic E-state index is 0.668. The largest absolute Gasteiger partial charge is 0.249 e. The Morgan fingerprint density at radius 1 is 1.18 bits per heavy atom. The van der Waals surface area contributed by atoms with Gasteiger partial charge in [-0.05, 0) is 37.0 Å². The van der Waals surface area contributed by atoms with Crippen LogP contribution in [0.1, 0.15) is 53.2 Å². The third-order valence-electron chi connectivity index (χ3n) is 3.48. The molecule has 1 unspecified atom stereocenters. The summed E-state index contributed by atoms with van der Waals surface area (Å²) < 4.78 is 2.08. The van der Waals surface area contributed by atoms with Gasteiger partial charge in [0.15, 0.2) is 0 Å². The second-order valence-corrected chi connectivity index (χ2v) is 5.91. The Bertz CT molecular complexity index is 315. The van der Waals surface area contributed by atoms with E-state index in [1.165, 1.54) is 18.5 Å². The number of hydrogen-bond donors (Lipinski definition) is 0. The van der Waals surface area contributed by atoms with Gasteiger partial charge in [-0.15, -0.1) is 5.10 Å². The summed E-state index contributed by atoms with van der Waals surface area (Å²) in [6.07, 6.45) is 5.46. The third-order valence-corrected chi connectivity index (χ3v) is 3.48. The van der Waals surface area contributed by atoms with Gasteiger partial charge in [0, 0.05) is 6.54 Å². The standard InChI is InChI=1S/C14H27N3/c1-11(2)9-14-10-15-16-17(14)8-6-7-13(5)12(3)4/h10-13H,6-9H2,1-5H3.